The highest BCUT2D eigenvalue weighted by molar-refractivity contribution is 9.10. The topological polar surface area (TPSA) is 47.8 Å². The van der Waals surface area contributed by atoms with Gasteiger partial charge in [-0.1, -0.05) is 6.92 Å². The third kappa shape index (κ3) is 2.34. The van der Waals surface area contributed by atoms with Crippen LogP contribution in [0.15, 0.2) is 27.9 Å². The number of nitrogens with zero attached hydrogens (tertiary/aromatic N) is 3. The first-order chi connectivity index (χ1) is 9.11. The second-order valence-electron chi connectivity index (χ2n) is 4.25. The number of halogens is 1. The Hall–Kier alpha value is -1.49. The highest BCUT2D eigenvalue weighted by Crippen LogP contribution is 2.29. The van der Waals surface area contributed by atoms with E-state index in [2.05, 4.69) is 25.9 Å². The van der Waals surface area contributed by atoms with Crippen LogP contribution < -0.4 is 5.56 Å². The molecule has 0 aliphatic carbocycles. The molecule has 2 aromatic rings. The maximum Gasteiger partial charge on any atom is 0.265 e. The Morgan fingerprint density at radius 1 is 1.37 bits per heavy atom. The summed E-state index contributed by atoms with van der Waals surface area (Å²) in [5, 5.41) is 0. The highest BCUT2D eigenvalue weighted by atomic mass is 79.9. The lowest BCUT2D eigenvalue weighted by atomic mass is 10.0. The van der Waals surface area contributed by atoms with Crippen molar-refractivity contribution < 1.29 is 0 Å². The molecular weight excluding hydrogens is 306 g/mol. The number of hydrogen-bond donors (Lipinski definition) is 0. The van der Waals surface area contributed by atoms with E-state index in [-0.39, 0.29) is 5.56 Å². The summed E-state index contributed by atoms with van der Waals surface area (Å²) in [5.41, 5.74) is 3.86. The average Bonchev–Trinajstić information content (AvgIpc) is 2.44. The van der Waals surface area contributed by atoms with Crippen LogP contribution >= 0.6 is 15.9 Å². The van der Waals surface area contributed by atoms with Crippen LogP contribution in [0.4, 0.5) is 0 Å². The second kappa shape index (κ2) is 5.65. The smallest absolute Gasteiger partial charge is 0.265 e. The number of aromatic nitrogens is 3. The zero-order valence-corrected chi connectivity index (χ0v) is 12.9. The summed E-state index contributed by atoms with van der Waals surface area (Å²) in [4.78, 5) is 20.5. The minimum atomic E-state index is 0.0228. The Kier molecular flexibility index (Phi) is 4.14. The largest absolute Gasteiger partial charge is 0.312 e. The van der Waals surface area contributed by atoms with Gasteiger partial charge in [-0.3, -0.25) is 4.79 Å². The first-order valence-electron chi connectivity index (χ1n) is 6.29. The molecule has 0 N–H and O–H groups in total. The minimum absolute atomic E-state index is 0.0228. The Morgan fingerprint density at radius 3 is 2.63 bits per heavy atom. The van der Waals surface area contributed by atoms with E-state index in [1.807, 2.05) is 26.8 Å². The molecule has 0 saturated carbocycles. The maximum atomic E-state index is 12.3. The fourth-order valence-corrected chi connectivity index (χ4v) is 3.05. The van der Waals surface area contributed by atoms with Crippen molar-refractivity contribution >= 4 is 15.9 Å². The molecule has 4 nitrogen and oxygen atoms in total. The van der Waals surface area contributed by atoms with Gasteiger partial charge in [-0.15, -0.1) is 0 Å². The predicted molar refractivity (Wildman–Crippen MR) is 79.2 cm³/mol. The minimum Gasteiger partial charge on any atom is -0.312 e. The van der Waals surface area contributed by atoms with Gasteiger partial charge in [-0.05, 0) is 47.8 Å². The molecule has 0 unspecified atom stereocenters. The van der Waals surface area contributed by atoms with E-state index in [0.717, 1.165) is 28.9 Å². The van der Waals surface area contributed by atoms with Crippen molar-refractivity contribution in [3.05, 3.63) is 44.7 Å². The molecule has 0 radical (unpaired) electrons. The van der Waals surface area contributed by atoms with Crippen LogP contribution in [-0.2, 0) is 13.0 Å². The van der Waals surface area contributed by atoms with Crippen molar-refractivity contribution in [1.29, 1.82) is 0 Å². The normalized spacial score (nSPS) is 10.7. The van der Waals surface area contributed by atoms with Crippen LogP contribution in [-0.4, -0.2) is 14.5 Å². The SMILES string of the molecule is CCc1c(-c2ccncn2)c(C)n(CC)c(=O)c1Br. The monoisotopic (exact) mass is 321 g/mol. The van der Waals surface area contributed by atoms with E-state index in [9.17, 15) is 4.79 Å². The molecule has 2 rings (SSSR count). The van der Waals surface area contributed by atoms with Gasteiger partial charge in [0.15, 0.2) is 0 Å². The summed E-state index contributed by atoms with van der Waals surface area (Å²) in [6.07, 6.45) is 4.03. The maximum absolute atomic E-state index is 12.3. The van der Waals surface area contributed by atoms with Crippen LogP contribution in [0.3, 0.4) is 0 Å². The molecule has 2 heterocycles. The highest BCUT2D eigenvalue weighted by Gasteiger charge is 2.18. The molecule has 0 fully saturated rings. The van der Waals surface area contributed by atoms with Crippen molar-refractivity contribution in [1.82, 2.24) is 14.5 Å². The molecule has 2 aromatic heterocycles. The lowest BCUT2D eigenvalue weighted by Gasteiger charge is -2.17. The van der Waals surface area contributed by atoms with Crippen LogP contribution in [0.1, 0.15) is 25.1 Å². The van der Waals surface area contributed by atoms with Crippen LogP contribution in [0.25, 0.3) is 11.3 Å². The summed E-state index contributed by atoms with van der Waals surface area (Å²) in [6, 6.07) is 1.87. The van der Waals surface area contributed by atoms with Gasteiger partial charge in [-0.2, -0.15) is 0 Å². The van der Waals surface area contributed by atoms with E-state index < -0.39 is 0 Å². The molecule has 0 aromatic carbocycles. The molecule has 0 amide bonds. The lowest BCUT2D eigenvalue weighted by Crippen LogP contribution is -2.25. The standard InChI is InChI=1S/C14H16BrN3O/c1-4-10-12(11-6-7-16-8-17-11)9(3)18(5-2)14(19)13(10)15/h6-8H,4-5H2,1-3H3. The molecule has 0 aliphatic rings. The summed E-state index contributed by atoms with van der Waals surface area (Å²) in [5.74, 6) is 0. The van der Waals surface area contributed by atoms with Crippen LogP contribution in [0.2, 0.25) is 0 Å². The van der Waals surface area contributed by atoms with Crippen LogP contribution in [0, 0.1) is 6.92 Å². The average molecular weight is 322 g/mol. The molecule has 100 valence electrons. The first kappa shape index (κ1) is 13.9. The summed E-state index contributed by atoms with van der Waals surface area (Å²) in [6.45, 7) is 6.62. The number of hydrogen-bond acceptors (Lipinski definition) is 3. The summed E-state index contributed by atoms with van der Waals surface area (Å²) < 4.78 is 2.40. The lowest BCUT2D eigenvalue weighted by molar-refractivity contribution is 0.694. The van der Waals surface area contributed by atoms with Crippen molar-refractivity contribution in [3.8, 4) is 11.3 Å². The zero-order valence-electron chi connectivity index (χ0n) is 11.3. The van der Waals surface area contributed by atoms with E-state index in [1.165, 1.54) is 6.33 Å². The van der Waals surface area contributed by atoms with Gasteiger partial charge in [0.25, 0.3) is 5.56 Å². The Bertz CT molecular complexity index is 650. The fourth-order valence-electron chi connectivity index (χ4n) is 2.35. The molecule has 0 saturated heterocycles. The van der Waals surface area contributed by atoms with Gasteiger partial charge in [0.2, 0.25) is 0 Å². The van der Waals surface area contributed by atoms with Gasteiger partial charge in [0.05, 0.1) is 10.2 Å². The summed E-state index contributed by atoms with van der Waals surface area (Å²) in [7, 11) is 0. The van der Waals surface area contributed by atoms with E-state index in [4.69, 9.17) is 0 Å². The van der Waals surface area contributed by atoms with Gasteiger partial charge in [0.1, 0.15) is 6.33 Å². The van der Waals surface area contributed by atoms with E-state index in [0.29, 0.717) is 11.0 Å². The molecule has 0 aliphatic heterocycles. The quantitative estimate of drug-likeness (QED) is 0.873. The predicted octanol–water partition coefficient (Wildman–Crippen LogP) is 2.96. The zero-order chi connectivity index (χ0) is 14.0. The Morgan fingerprint density at radius 2 is 2.11 bits per heavy atom. The fraction of sp³-hybridized carbons (Fsp3) is 0.357. The van der Waals surface area contributed by atoms with E-state index in [1.54, 1.807) is 10.8 Å². The van der Waals surface area contributed by atoms with Gasteiger partial charge in [0, 0.05) is 24.0 Å². The van der Waals surface area contributed by atoms with Crippen molar-refractivity contribution in [2.24, 2.45) is 0 Å². The first-order valence-corrected chi connectivity index (χ1v) is 7.09. The van der Waals surface area contributed by atoms with E-state index >= 15 is 0 Å². The molecule has 0 spiro atoms. The van der Waals surface area contributed by atoms with Gasteiger partial charge < -0.3 is 4.57 Å². The van der Waals surface area contributed by atoms with Gasteiger partial charge in [-0.25, -0.2) is 9.97 Å². The molecule has 0 bridgehead atoms. The number of pyridine rings is 1. The number of rotatable bonds is 3. The molecule has 19 heavy (non-hydrogen) atoms. The summed E-state index contributed by atoms with van der Waals surface area (Å²) >= 11 is 3.44. The van der Waals surface area contributed by atoms with Crippen LogP contribution in [0.5, 0.6) is 0 Å². The Balaban J connectivity index is 2.87. The third-order valence-corrected chi connectivity index (χ3v) is 4.09. The van der Waals surface area contributed by atoms with Crippen molar-refractivity contribution in [2.75, 3.05) is 0 Å². The van der Waals surface area contributed by atoms with Crippen molar-refractivity contribution in [2.45, 2.75) is 33.7 Å². The molecular formula is C14H16BrN3O. The van der Waals surface area contributed by atoms with Crippen molar-refractivity contribution in [3.63, 3.8) is 0 Å². The molecule has 5 heteroatoms. The molecule has 0 atom stereocenters. The Labute approximate surface area is 120 Å². The third-order valence-electron chi connectivity index (χ3n) is 3.27. The second-order valence-corrected chi connectivity index (χ2v) is 5.04. The van der Waals surface area contributed by atoms with Gasteiger partial charge >= 0.3 is 0 Å².